The van der Waals surface area contributed by atoms with Crippen LogP contribution in [0.3, 0.4) is 0 Å². The van der Waals surface area contributed by atoms with Gasteiger partial charge in [0.15, 0.2) is 23.2 Å². The van der Waals surface area contributed by atoms with Crippen LogP contribution in [-0.2, 0) is 0 Å². The van der Waals surface area contributed by atoms with E-state index in [4.69, 9.17) is 0 Å². The molecule has 27 heteroatoms. The smallest absolute Gasteiger partial charge is 0.422 e. The van der Waals surface area contributed by atoms with Gasteiger partial charge in [0.1, 0.15) is 11.4 Å². The van der Waals surface area contributed by atoms with Gasteiger partial charge in [-0.25, -0.2) is 13.2 Å². The van der Waals surface area contributed by atoms with E-state index in [1.54, 1.807) is 0 Å². The van der Waals surface area contributed by atoms with E-state index in [1.165, 1.54) is 0 Å². The van der Waals surface area contributed by atoms with Crippen LogP contribution in [-0.4, -0.2) is 59.7 Å². The molecule has 0 heterocycles. The molecule has 43 heavy (non-hydrogen) atoms. The molecule has 0 saturated carbocycles. The van der Waals surface area contributed by atoms with E-state index in [1.807, 2.05) is 0 Å². The van der Waals surface area contributed by atoms with Crippen molar-refractivity contribution in [1.29, 1.82) is 0 Å². The fraction of sp³-hybridized carbons (Fsp3) is 0.625. The Kier molecular flexibility index (Phi) is 8.58. The maximum absolute atomic E-state index is 13.8. The number of hydrogen-bond acceptors (Lipinski definition) is 3. The second-order valence-corrected chi connectivity index (χ2v) is 7.81. The van der Waals surface area contributed by atoms with Crippen molar-refractivity contribution in [2.24, 2.45) is 0 Å². The van der Waals surface area contributed by atoms with Crippen LogP contribution in [0.1, 0.15) is 0 Å². The zero-order valence-electron chi connectivity index (χ0n) is 18.6. The van der Waals surface area contributed by atoms with Gasteiger partial charge in [-0.15, -0.1) is 0 Å². The largest absolute Gasteiger partial charge is 0.471 e. The first-order chi connectivity index (χ1) is 18.4. The molecular weight excluding hydrogens is 692 g/mol. The van der Waals surface area contributed by atoms with Gasteiger partial charge in [0, 0.05) is 0 Å². The standard InChI is InChI=1S/C16H4F24N2O/c17-1-2(18)5(42)6(3(19)4(1)41)43-16(39,40)14(34,35)12(30,31)10(26,27)8(22,23)7(20,21)9(24,25)11(28,29)13(32,33)15(36,37)38/h41-42H2. The number of nitrogens with two attached hydrogens (primary N) is 2. The number of alkyl halides is 21. The topological polar surface area (TPSA) is 61.3 Å². The normalized spacial score (nSPS) is 15.6. The highest BCUT2D eigenvalue weighted by Gasteiger charge is 2.98. The van der Waals surface area contributed by atoms with Gasteiger partial charge in [0.25, 0.3) is 0 Å². The van der Waals surface area contributed by atoms with E-state index in [0.717, 1.165) is 0 Å². The lowest BCUT2D eigenvalue weighted by atomic mass is 9.87. The zero-order chi connectivity index (χ0) is 35.2. The first kappa shape index (κ1) is 38.0. The second kappa shape index (κ2) is 9.72. The molecule has 0 radical (unpaired) electrons. The van der Waals surface area contributed by atoms with Gasteiger partial charge in [-0.05, 0) is 0 Å². The zero-order valence-corrected chi connectivity index (χ0v) is 18.6. The maximum Gasteiger partial charge on any atom is 0.471 e. The summed E-state index contributed by atoms with van der Waals surface area (Å²) in [5.74, 6) is -84.4. The Morgan fingerprint density at radius 3 is 0.907 bits per heavy atom. The van der Waals surface area contributed by atoms with Crippen LogP contribution in [0, 0.1) is 17.5 Å². The van der Waals surface area contributed by atoms with Crippen molar-refractivity contribution in [1.82, 2.24) is 0 Å². The van der Waals surface area contributed by atoms with Gasteiger partial charge < -0.3 is 16.2 Å². The van der Waals surface area contributed by atoms with Crippen LogP contribution in [0.15, 0.2) is 0 Å². The summed E-state index contributed by atoms with van der Waals surface area (Å²) in [5, 5.41) is 0. The molecule has 0 amide bonds. The average Bonchev–Trinajstić information content (AvgIpc) is 2.82. The Hall–Kier alpha value is -3.06. The number of anilines is 2. The van der Waals surface area contributed by atoms with E-state index in [2.05, 4.69) is 16.2 Å². The monoisotopic (exact) mass is 696 g/mol. The van der Waals surface area contributed by atoms with Gasteiger partial charge >= 0.3 is 59.7 Å². The molecule has 1 aromatic carbocycles. The average molecular weight is 696 g/mol. The molecule has 1 rings (SSSR count). The molecule has 4 N–H and O–H groups in total. The molecular formula is C16H4F24N2O. The van der Waals surface area contributed by atoms with E-state index in [-0.39, 0.29) is 0 Å². The van der Waals surface area contributed by atoms with Crippen molar-refractivity contribution < 1.29 is 110 Å². The molecule has 0 unspecified atom stereocenters. The molecule has 0 atom stereocenters. The van der Waals surface area contributed by atoms with Gasteiger partial charge in [0.05, 0.1) is 0 Å². The summed E-state index contributed by atoms with van der Waals surface area (Å²) in [6, 6.07) is 0. The Morgan fingerprint density at radius 2 is 0.605 bits per heavy atom. The lowest BCUT2D eigenvalue weighted by molar-refractivity contribution is -0.480. The van der Waals surface area contributed by atoms with Crippen molar-refractivity contribution in [3.05, 3.63) is 17.5 Å². The number of benzene rings is 1. The van der Waals surface area contributed by atoms with Crippen molar-refractivity contribution in [2.45, 2.75) is 59.7 Å². The van der Waals surface area contributed by atoms with E-state index >= 15 is 0 Å². The Bertz CT molecular complexity index is 1200. The molecule has 3 nitrogen and oxygen atoms in total. The molecule has 0 aromatic heterocycles. The number of rotatable bonds is 10. The Labute approximate surface area is 217 Å². The molecule has 0 spiro atoms. The minimum Gasteiger partial charge on any atom is -0.422 e. The molecule has 0 saturated heterocycles. The van der Waals surface area contributed by atoms with Crippen molar-refractivity contribution in [3.8, 4) is 5.75 Å². The summed E-state index contributed by atoms with van der Waals surface area (Å²) in [6.07, 6.45) is -15.9. The molecule has 0 aliphatic rings. The van der Waals surface area contributed by atoms with Gasteiger partial charge in [0.2, 0.25) is 0 Å². The van der Waals surface area contributed by atoms with E-state index in [0.29, 0.717) is 0 Å². The quantitative estimate of drug-likeness (QED) is 0.149. The highest BCUT2D eigenvalue weighted by Crippen LogP contribution is 2.66. The summed E-state index contributed by atoms with van der Waals surface area (Å²) in [6.45, 7) is 0. The fourth-order valence-electron chi connectivity index (χ4n) is 2.51. The van der Waals surface area contributed by atoms with Crippen LogP contribution in [0.25, 0.3) is 0 Å². The van der Waals surface area contributed by atoms with Gasteiger partial charge in [-0.2, -0.15) is 92.2 Å². The van der Waals surface area contributed by atoms with E-state index < -0.39 is 94.2 Å². The first-order valence-electron chi connectivity index (χ1n) is 9.27. The number of nitrogen functional groups attached to an aromatic ring is 2. The van der Waals surface area contributed by atoms with Crippen molar-refractivity contribution in [2.75, 3.05) is 11.5 Å². The summed E-state index contributed by atoms with van der Waals surface area (Å²) in [5.41, 5.74) is 3.87. The number of halogens is 24. The van der Waals surface area contributed by atoms with Crippen LogP contribution in [0.2, 0.25) is 0 Å². The minimum atomic E-state index is -9.42. The summed E-state index contributed by atoms with van der Waals surface area (Å²) in [4.78, 5) is 0. The van der Waals surface area contributed by atoms with Gasteiger partial charge in [-0.1, -0.05) is 0 Å². The first-order valence-corrected chi connectivity index (χ1v) is 9.27. The third kappa shape index (κ3) is 4.65. The van der Waals surface area contributed by atoms with E-state index in [9.17, 15) is 105 Å². The third-order valence-corrected chi connectivity index (χ3v) is 5.06. The minimum absolute atomic E-state index is 2.37. The van der Waals surface area contributed by atoms with Crippen LogP contribution in [0.5, 0.6) is 5.75 Å². The summed E-state index contributed by atoms with van der Waals surface area (Å²) < 4.78 is 322. The third-order valence-electron chi connectivity index (χ3n) is 5.06. The number of ether oxygens (including phenoxy) is 1. The molecule has 0 bridgehead atoms. The number of hydrogen-bond donors (Lipinski definition) is 2. The maximum atomic E-state index is 13.8. The predicted octanol–water partition coefficient (Wildman–Crippen LogP) is 7.88. The molecule has 1 aromatic rings. The van der Waals surface area contributed by atoms with Crippen LogP contribution in [0.4, 0.5) is 117 Å². The predicted molar refractivity (Wildman–Crippen MR) is 86.3 cm³/mol. The van der Waals surface area contributed by atoms with Crippen molar-refractivity contribution >= 4 is 11.4 Å². The Balaban J connectivity index is 3.85. The fourth-order valence-corrected chi connectivity index (χ4v) is 2.51. The summed E-state index contributed by atoms with van der Waals surface area (Å²) in [7, 11) is 0. The lowest BCUT2D eigenvalue weighted by Gasteiger charge is -2.44. The molecule has 0 aliphatic carbocycles. The highest BCUT2D eigenvalue weighted by atomic mass is 19.4. The molecule has 0 aliphatic heterocycles. The highest BCUT2D eigenvalue weighted by molar-refractivity contribution is 5.63. The summed E-state index contributed by atoms with van der Waals surface area (Å²) >= 11 is 0. The van der Waals surface area contributed by atoms with Crippen LogP contribution < -0.4 is 16.2 Å². The lowest BCUT2D eigenvalue weighted by Crippen LogP contribution is -2.77. The molecule has 0 fully saturated rings. The van der Waals surface area contributed by atoms with Crippen LogP contribution >= 0.6 is 0 Å². The Morgan fingerprint density at radius 1 is 0.349 bits per heavy atom. The molecule has 252 valence electrons. The van der Waals surface area contributed by atoms with Crippen molar-refractivity contribution in [3.63, 3.8) is 0 Å². The second-order valence-electron chi connectivity index (χ2n) is 7.81. The SMILES string of the molecule is Nc1c(F)c(F)c(N)c(OC(F)(F)C(F)(F)C(F)(F)C(F)(F)C(F)(F)C(F)(F)C(F)(F)C(F)(F)C(F)(F)C(F)(F)F)c1F. The van der Waals surface area contributed by atoms with Gasteiger partial charge in [-0.3, -0.25) is 0 Å².